The summed E-state index contributed by atoms with van der Waals surface area (Å²) in [7, 11) is -2.42. The van der Waals surface area contributed by atoms with Crippen molar-refractivity contribution in [2.24, 2.45) is 5.14 Å². The summed E-state index contributed by atoms with van der Waals surface area (Å²) in [4.78, 5) is 12.1. The van der Waals surface area contributed by atoms with E-state index in [0.29, 0.717) is 6.07 Å². The Kier molecular flexibility index (Phi) is 5.41. The summed E-state index contributed by atoms with van der Waals surface area (Å²) in [5.74, 6) is -3.41. The van der Waals surface area contributed by atoms with Gasteiger partial charge in [0.15, 0.2) is 5.78 Å². The van der Waals surface area contributed by atoms with Gasteiger partial charge in [-0.1, -0.05) is 6.07 Å². The summed E-state index contributed by atoms with van der Waals surface area (Å²) in [5.41, 5.74) is -1.86. The third-order valence-corrected chi connectivity index (χ3v) is 5.43. The van der Waals surface area contributed by atoms with Crippen LogP contribution in [0.3, 0.4) is 0 Å². The maximum Gasteiger partial charge on any atom is 0.423 e. The Morgan fingerprint density at radius 1 is 1.17 bits per heavy atom. The number of methoxy groups -OCH3 is 2. The second kappa shape index (κ2) is 7.43. The number of halogens is 4. The first-order valence-corrected chi connectivity index (χ1v) is 9.81. The van der Waals surface area contributed by atoms with Crippen molar-refractivity contribution < 1.29 is 45.0 Å². The smallest absolute Gasteiger partial charge is 0.423 e. The molecule has 0 bridgehead atoms. The predicted octanol–water partition coefficient (Wildman–Crippen LogP) is 3.22. The lowest BCUT2D eigenvalue weighted by Gasteiger charge is -2.29. The van der Waals surface area contributed by atoms with Crippen molar-refractivity contribution in [1.82, 2.24) is 0 Å². The number of carbonyl (C=O) groups is 1. The Bertz CT molecular complexity index is 1130. The van der Waals surface area contributed by atoms with Crippen LogP contribution >= 0.6 is 0 Å². The van der Waals surface area contributed by atoms with Crippen LogP contribution in [-0.2, 0) is 16.2 Å². The summed E-state index contributed by atoms with van der Waals surface area (Å²) in [5, 5.41) is 5.12. The van der Waals surface area contributed by atoms with Crippen LogP contribution in [0.25, 0.3) is 0 Å². The molecule has 12 heteroatoms. The Hall–Kier alpha value is -2.86. The first-order valence-electron chi connectivity index (χ1n) is 8.26. The fraction of sp³-hybridized carbons (Fsp3) is 0.278. The second-order valence-electron chi connectivity index (χ2n) is 6.32. The molecule has 0 amide bonds. The van der Waals surface area contributed by atoms with Crippen molar-refractivity contribution in [2.45, 2.75) is 23.6 Å². The molecule has 0 saturated heterocycles. The molecule has 3 rings (SSSR count). The van der Waals surface area contributed by atoms with Crippen molar-refractivity contribution in [3.63, 3.8) is 0 Å². The van der Waals surface area contributed by atoms with Crippen LogP contribution in [0.2, 0.25) is 0 Å². The highest BCUT2D eigenvalue weighted by Crippen LogP contribution is 2.50. The predicted molar refractivity (Wildman–Crippen MR) is 94.6 cm³/mol. The van der Waals surface area contributed by atoms with Gasteiger partial charge in [-0.25, -0.2) is 17.9 Å². The van der Waals surface area contributed by atoms with Gasteiger partial charge in [-0.05, 0) is 12.1 Å². The standard InChI is InChI=1S/C18H15F4NO6S/c1-27-13-7-12-15(17(28-2)16(13)18(20,21)22)10(24)6-11(29-12)9-4-3-8(19)5-14(9)30(23,25)26/h3-5,7,11H,6H2,1-2H3,(H2,23,25,26). The fourth-order valence-electron chi connectivity index (χ4n) is 3.26. The molecule has 7 nitrogen and oxygen atoms in total. The highest BCUT2D eigenvalue weighted by Gasteiger charge is 2.43. The lowest BCUT2D eigenvalue weighted by Crippen LogP contribution is -2.25. The Morgan fingerprint density at radius 2 is 1.83 bits per heavy atom. The summed E-state index contributed by atoms with van der Waals surface area (Å²) in [6.45, 7) is 0. The highest BCUT2D eigenvalue weighted by molar-refractivity contribution is 7.89. The van der Waals surface area contributed by atoms with Gasteiger partial charge in [0.25, 0.3) is 0 Å². The molecule has 1 atom stereocenters. The number of rotatable bonds is 4. The van der Waals surface area contributed by atoms with Crippen LogP contribution < -0.4 is 19.3 Å². The molecule has 0 saturated carbocycles. The minimum absolute atomic E-state index is 0.115. The van der Waals surface area contributed by atoms with E-state index < -0.39 is 67.8 Å². The monoisotopic (exact) mass is 449 g/mol. The van der Waals surface area contributed by atoms with Crippen molar-refractivity contribution in [1.29, 1.82) is 0 Å². The average Bonchev–Trinajstić information content (AvgIpc) is 2.64. The molecule has 1 aliphatic rings. The van der Waals surface area contributed by atoms with Crippen LogP contribution in [0, 0.1) is 5.82 Å². The molecule has 2 aromatic carbocycles. The minimum atomic E-state index is -4.89. The number of nitrogens with two attached hydrogens (primary N) is 1. The normalized spacial score (nSPS) is 16.6. The van der Waals surface area contributed by atoms with Gasteiger partial charge < -0.3 is 14.2 Å². The Balaban J connectivity index is 2.20. The number of sulfonamides is 1. The molecular weight excluding hydrogens is 434 g/mol. The first-order chi connectivity index (χ1) is 13.9. The van der Waals surface area contributed by atoms with Crippen LogP contribution in [0.4, 0.5) is 17.6 Å². The summed E-state index contributed by atoms with van der Waals surface area (Å²) in [6.07, 6.45) is -6.66. The number of ketones is 1. The molecule has 30 heavy (non-hydrogen) atoms. The van der Waals surface area contributed by atoms with Gasteiger partial charge >= 0.3 is 6.18 Å². The summed E-state index contributed by atoms with van der Waals surface area (Å²) < 4.78 is 93.0. The van der Waals surface area contributed by atoms with E-state index in [1.54, 1.807) is 0 Å². The molecule has 2 aromatic rings. The Morgan fingerprint density at radius 3 is 2.37 bits per heavy atom. The van der Waals surface area contributed by atoms with Crippen LogP contribution in [0.1, 0.15) is 34.0 Å². The topological polar surface area (TPSA) is 105 Å². The SMILES string of the molecule is COc1cc2c(c(OC)c1C(F)(F)F)C(=O)CC(c1ccc(F)cc1S(N)(=O)=O)O2. The van der Waals surface area contributed by atoms with E-state index in [2.05, 4.69) is 0 Å². The molecule has 0 fully saturated rings. The quantitative estimate of drug-likeness (QED) is 0.719. The van der Waals surface area contributed by atoms with E-state index in [0.717, 1.165) is 32.4 Å². The van der Waals surface area contributed by atoms with E-state index in [9.17, 15) is 30.8 Å². The molecule has 0 aromatic heterocycles. The third kappa shape index (κ3) is 3.79. The van der Waals surface area contributed by atoms with Crippen molar-refractivity contribution in [2.75, 3.05) is 14.2 Å². The molecule has 0 aliphatic carbocycles. The highest BCUT2D eigenvalue weighted by atomic mass is 32.2. The zero-order valence-electron chi connectivity index (χ0n) is 15.5. The molecule has 1 unspecified atom stereocenters. The van der Waals surface area contributed by atoms with Crippen molar-refractivity contribution >= 4 is 15.8 Å². The number of hydrogen-bond acceptors (Lipinski definition) is 6. The van der Waals surface area contributed by atoms with E-state index >= 15 is 0 Å². The van der Waals surface area contributed by atoms with Gasteiger partial charge in [-0.2, -0.15) is 13.2 Å². The number of primary sulfonamides is 1. The van der Waals surface area contributed by atoms with Gasteiger partial charge in [0.05, 0.1) is 25.5 Å². The molecule has 0 spiro atoms. The number of hydrogen-bond donors (Lipinski definition) is 1. The number of alkyl halides is 3. The molecule has 0 radical (unpaired) electrons. The van der Waals surface area contributed by atoms with Gasteiger partial charge in [-0.3, -0.25) is 4.79 Å². The number of Topliss-reactive ketones (excluding diaryl/α,β-unsaturated/α-hetero) is 1. The number of fused-ring (bicyclic) bond motifs is 1. The fourth-order valence-corrected chi connectivity index (χ4v) is 4.07. The summed E-state index contributed by atoms with van der Waals surface area (Å²) in [6, 6.07) is 3.56. The first kappa shape index (κ1) is 21.8. The molecule has 1 aliphatic heterocycles. The number of ether oxygens (including phenoxy) is 3. The zero-order valence-corrected chi connectivity index (χ0v) is 16.4. The average molecular weight is 449 g/mol. The van der Waals surface area contributed by atoms with Crippen LogP contribution in [-0.4, -0.2) is 28.4 Å². The molecular formula is C18H15F4NO6S. The summed E-state index contributed by atoms with van der Waals surface area (Å²) >= 11 is 0. The number of carbonyl (C=O) groups excluding carboxylic acids is 1. The minimum Gasteiger partial charge on any atom is -0.496 e. The van der Waals surface area contributed by atoms with E-state index in [1.807, 2.05) is 0 Å². The van der Waals surface area contributed by atoms with Gasteiger partial charge in [0.1, 0.15) is 40.3 Å². The molecule has 162 valence electrons. The third-order valence-electron chi connectivity index (χ3n) is 4.46. The van der Waals surface area contributed by atoms with Crippen molar-refractivity contribution in [3.05, 3.63) is 46.8 Å². The van der Waals surface area contributed by atoms with E-state index in [-0.39, 0.29) is 11.3 Å². The largest absolute Gasteiger partial charge is 0.496 e. The maximum absolute atomic E-state index is 13.5. The van der Waals surface area contributed by atoms with Gasteiger partial charge in [0, 0.05) is 11.6 Å². The Labute approximate surface area is 168 Å². The maximum atomic E-state index is 13.5. The van der Waals surface area contributed by atoms with Gasteiger partial charge in [-0.15, -0.1) is 0 Å². The van der Waals surface area contributed by atoms with Crippen molar-refractivity contribution in [3.8, 4) is 17.2 Å². The van der Waals surface area contributed by atoms with E-state index in [4.69, 9.17) is 19.3 Å². The lowest BCUT2D eigenvalue weighted by atomic mass is 9.93. The van der Waals surface area contributed by atoms with Crippen LogP contribution in [0.5, 0.6) is 17.2 Å². The molecule has 2 N–H and O–H groups in total. The van der Waals surface area contributed by atoms with Gasteiger partial charge in [0.2, 0.25) is 10.0 Å². The van der Waals surface area contributed by atoms with E-state index in [1.165, 1.54) is 0 Å². The molecule has 1 heterocycles. The second-order valence-corrected chi connectivity index (χ2v) is 7.85. The zero-order chi connectivity index (χ0) is 22.4. The van der Waals surface area contributed by atoms with Crippen LogP contribution in [0.15, 0.2) is 29.2 Å². The lowest BCUT2D eigenvalue weighted by molar-refractivity contribution is -0.140. The number of benzene rings is 2.